The van der Waals surface area contributed by atoms with Crippen molar-refractivity contribution in [2.24, 2.45) is 16.0 Å². The highest BCUT2D eigenvalue weighted by molar-refractivity contribution is 8.02. The molecule has 1 atom stereocenters. The minimum Gasteiger partial charge on any atom is -0.296 e. The predicted molar refractivity (Wildman–Crippen MR) is 148 cm³/mol. The number of allylic oxidation sites excluding steroid dienone is 5. The van der Waals surface area contributed by atoms with Crippen LogP contribution in [-0.2, 0) is 0 Å². The largest absolute Gasteiger partial charge is 0.296 e. The van der Waals surface area contributed by atoms with Gasteiger partial charge in [0.15, 0.2) is 0 Å². The van der Waals surface area contributed by atoms with E-state index in [4.69, 9.17) is 16.6 Å². The first kappa shape index (κ1) is 27.0. The van der Waals surface area contributed by atoms with Crippen LogP contribution in [0, 0.1) is 17.8 Å². The summed E-state index contributed by atoms with van der Waals surface area (Å²) in [6.45, 7) is 16.9. The fraction of sp³-hybridized carbons (Fsp3) is 0.429. The van der Waals surface area contributed by atoms with Gasteiger partial charge in [-0.15, -0.1) is 11.8 Å². The van der Waals surface area contributed by atoms with Crippen molar-refractivity contribution in [1.29, 1.82) is 0 Å². The van der Waals surface area contributed by atoms with Gasteiger partial charge in [-0.2, -0.15) is 5.10 Å². The normalized spacial score (nSPS) is 17.4. The van der Waals surface area contributed by atoms with E-state index in [-0.39, 0.29) is 5.92 Å². The number of hydrogen-bond donors (Lipinski definition) is 0. The molecule has 1 aliphatic heterocycles. The van der Waals surface area contributed by atoms with E-state index in [2.05, 4.69) is 69.4 Å². The van der Waals surface area contributed by atoms with Crippen molar-refractivity contribution >= 4 is 35.3 Å². The zero-order chi connectivity index (χ0) is 24.4. The van der Waals surface area contributed by atoms with E-state index in [1.165, 1.54) is 12.0 Å². The Hall–Kier alpha value is -2.22. The lowest BCUT2D eigenvalue weighted by molar-refractivity contribution is 0.302. The molecule has 3 nitrogen and oxygen atoms in total. The molecule has 0 aliphatic carbocycles. The third-order valence-electron chi connectivity index (χ3n) is 5.79. The third-order valence-corrected chi connectivity index (χ3v) is 6.86. The van der Waals surface area contributed by atoms with Crippen LogP contribution in [0.25, 0.3) is 0 Å². The smallest absolute Gasteiger partial charge is 0.0774 e. The second-order valence-electron chi connectivity index (χ2n) is 8.23. The molecule has 1 unspecified atom stereocenters. The predicted octanol–water partition coefficient (Wildman–Crippen LogP) is 7.75. The van der Waals surface area contributed by atoms with Gasteiger partial charge < -0.3 is 0 Å². The summed E-state index contributed by atoms with van der Waals surface area (Å²) >= 11 is 7.78. The number of unbranched alkanes of at least 4 members (excludes halogenated alkanes) is 1. The molecule has 0 spiro atoms. The van der Waals surface area contributed by atoms with E-state index < -0.39 is 0 Å². The van der Waals surface area contributed by atoms with Gasteiger partial charge in [-0.05, 0) is 63.1 Å². The maximum atomic E-state index is 6.14. The lowest BCUT2D eigenvalue weighted by atomic mass is 9.97. The summed E-state index contributed by atoms with van der Waals surface area (Å²) in [5.74, 6) is 6.96. The van der Waals surface area contributed by atoms with Crippen molar-refractivity contribution < 1.29 is 0 Å². The third kappa shape index (κ3) is 7.95. The van der Waals surface area contributed by atoms with Gasteiger partial charge in [0.1, 0.15) is 0 Å². The maximum absolute atomic E-state index is 6.14. The van der Waals surface area contributed by atoms with E-state index in [0.717, 1.165) is 59.0 Å². The summed E-state index contributed by atoms with van der Waals surface area (Å²) < 4.78 is 0. The maximum Gasteiger partial charge on any atom is 0.0774 e. The summed E-state index contributed by atoms with van der Waals surface area (Å²) in [7, 11) is 0. The van der Waals surface area contributed by atoms with E-state index in [9.17, 15) is 0 Å². The minimum absolute atomic E-state index is 0.159. The molecule has 0 bridgehead atoms. The Labute approximate surface area is 209 Å². The van der Waals surface area contributed by atoms with Gasteiger partial charge in [0.05, 0.1) is 23.1 Å². The zero-order valence-corrected chi connectivity index (χ0v) is 22.4. The van der Waals surface area contributed by atoms with Crippen LogP contribution in [0.4, 0.5) is 0 Å². The number of rotatable bonds is 9. The number of aliphatic imine (C=N–C) groups is 1. The van der Waals surface area contributed by atoms with E-state index >= 15 is 0 Å². The molecule has 2 rings (SSSR count). The molecule has 33 heavy (non-hydrogen) atoms. The quantitative estimate of drug-likeness (QED) is 0.205. The highest BCUT2D eigenvalue weighted by atomic mass is 35.5. The van der Waals surface area contributed by atoms with Gasteiger partial charge in [-0.1, -0.05) is 68.0 Å². The Morgan fingerprint density at radius 3 is 2.55 bits per heavy atom. The van der Waals surface area contributed by atoms with Crippen molar-refractivity contribution in [3.8, 4) is 11.8 Å². The molecule has 0 fully saturated rings. The van der Waals surface area contributed by atoms with Crippen molar-refractivity contribution in [3.63, 3.8) is 0 Å². The summed E-state index contributed by atoms with van der Waals surface area (Å²) in [6, 6.07) is 7.78. The standard InChI is InChI=1S/C28H36ClN3S/c1-8-10-17-32-19-24(18-30-32)11-16-27(33-7)21(4)22(5)28(31-23(6)20(3)9-2)25-12-14-26(29)15-13-25/h12-15,18,24H,5,8-10,17,19H2,1-4,6-7H3/b23-20-,27-21-,31-28?. The van der Waals surface area contributed by atoms with Gasteiger partial charge in [-0.3, -0.25) is 10.0 Å². The Morgan fingerprint density at radius 2 is 1.94 bits per heavy atom. The summed E-state index contributed by atoms with van der Waals surface area (Å²) in [6.07, 6.45) is 7.32. The van der Waals surface area contributed by atoms with Crippen LogP contribution in [0.15, 0.2) is 68.3 Å². The first-order valence-electron chi connectivity index (χ1n) is 11.6. The number of halogens is 1. The Kier molecular flexibility index (Phi) is 11.0. The molecular weight excluding hydrogens is 446 g/mol. The van der Waals surface area contributed by atoms with Gasteiger partial charge in [0.2, 0.25) is 0 Å². The number of nitrogens with zero attached hydrogens (tertiary/aromatic N) is 3. The van der Waals surface area contributed by atoms with Crippen LogP contribution in [-0.4, -0.2) is 36.3 Å². The number of hydrazone groups is 1. The Morgan fingerprint density at radius 1 is 1.24 bits per heavy atom. The van der Waals surface area contributed by atoms with Crippen LogP contribution >= 0.6 is 23.4 Å². The summed E-state index contributed by atoms with van der Waals surface area (Å²) in [5, 5.41) is 7.32. The van der Waals surface area contributed by atoms with Crippen LogP contribution in [0.5, 0.6) is 0 Å². The molecule has 5 heteroatoms. The fourth-order valence-electron chi connectivity index (χ4n) is 3.27. The molecule has 0 saturated heterocycles. The van der Waals surface area contributed by atoms with Crippen molar-refractivity contribution in [2.45, 2.75) is 53.9 Å². The van der Waals surface area contributed by atoms with Gasteiger partial charge in [0, 0.05) is 29.0 Å². The van der Waals surface area contributed by atoms with E-state index in [0.29, 0.717) is 5.02 Å². The first-order chi connectivity index (χ1) is 15.8. The van der Waals surface area contributed by atoms with Crippen LogP contribution in [0.1, 0.15) is 59.4 Å². The number of benzene rings is 1. The zero-order valence-electron chi connectivity index (χ0n) is 20.8. The molecular formula is C28H36ClN3S. The van der Waals surface area contributed by atoms with Crippen LogP contribution < -0.4 is 0 Å². The SMILES string of the molecule is C=C(C(=N/C(C)=C(/C)CC)c1ccc(Cl)cc1)/C(C)=C(/C#CC1C=NN(CCCC)C1)SC. The van der Waals surface area contributed by atoms with E-state index in [1.807, 2.05) is 30.5 Å². The van der Waals surface area contributed by atoms with Crippen LogP contribution in [0.3, 0.4) is 0 Å². The Balaban J connectivity index is 2.37. The lowest BCUT2D eigenvalue weighted by Gasteiger charge is -2.14. The molecule has 0 aromatic heterocycles. The van der Waals surface area contributed by atoms with Gasteiger partial charge >= 0.3 is 0 Å². The second kappa shape index (κ2) is 13.5. The molecule has 1 aromatic rings. The highest BCUT2D eigenvalue weighted by Crippen LogP contribution is 2.26. The summed E-state index contributed by atoms with van der Waals surface area (Å²) in [4.78, 5) is 6.01. The molecule has 176 valence electrons. The monoisotopic (exact) mass is 481 g/mol. The molecule has 1 heterocycles. The first-order valence-corrected chi connectivity index (χ1v) is 13.2. The lowest BCUT2D eigenvalue weighted by Crippen LogP contribution is -2.18. The average molecular weight is 482 g/mol. The molecule has 1 aliphatic rings. The highest BCUT2D eigenvalue weighted by Gasteiger charge is 2.16. The summed E-state index contributed by atoms with van der Waals surface area (Å²) in [5.41, 5.74) is 6.05. The van der Waals surface area contributed by atoms with Crippen molar-refractivity contribution in [1.82, 2.24) is 5.01 Å². The number of hydrogen-bond acceptors (Lipinski definition) is 4. The molecule has 0 saturated carbocycles. The fourth-order valence-corrected chi connectivity index (χ4v) is 3.99. The minimum atomic E-state index is 0.159. The molecule has 0 amide bonds. The Bertz CT molecular complexity index is 1020. The molecule has 1 aromatic carbocycles. The number of thioether (sulfide) groups is 1. The second-order valence-corrected chi connectivity index (χ2v) is 9.48. The van der Waals surface area contributed by atoms with Crippen molar-refractivity contribution in [3.05, 3.63) is 68.8 Å². The van der Waals surface area contributed by atoms with Gasteiger partial charge in [-0.25, -0.2) is 0 Å². The van der Waals surface area contributed by atoms with Crippen molar-refractivity contribution in [2.75, 3.05) is 19.3 Å². The van der Waals surface area contributed by atoms with Gasteiger partial charge in [0.25, 0.3) is 0 Å². The topological polar surface area (TPSA) is 28.0 Å². The molecule has 0 N–H and O–H groups in total. The molecule has 0 radical (unpaired) electrons. The van der Waals surface area contributed by atoms with Crippen LogP contribution in [0.2, 0.25) is 5.02 Å². The average Bonchev–Trinajstić information content (AvgIpc) is 3.28. The van der Waals surface area contributed by atoms with E-state index in [1.54, 1.807) is 11.8 Å².